The van der Waals surface area contributed by atoms with Crippen LogP contribution in [0.15, 0.2) is 72.8 Å². The van der Waals surface area contributed by atoms with Crippen LogP contribution in [0.3, 0.4) is 0 Å². The Balaban J connectivity index is 1.29. The molecule has 1 aliphatic heterocycles. The third-order valence-electron chi connectivity index (χ3n) is 7.60. The van der Waals surface area contributed by atoms with Crippen LogP contribution in [0.5, 0.6) is 0 Å². The number of piperidine rings is 1. The van der Waals surface area contributed by atoms with Crippen LogP contribution in [0.4, 0.5) is 0 Å². The minimum Gasteiger partial charge on any atom is -0.344 e. The van der Waals surface area contributed by atoms with E-state index in [1.165, 1.54) is 22.1 Å². The molecule has 1 fully saturated rings. The lowest BCUT2D eigenvalue weighted by atomic mass is 9.95. The van der Waals surface area contributed by atoms with Crippen molar-refractivity contribution in [3.8, 4) is 0 Å². The summed E-state index contributed by atoms with van der Waals surface area (Å²) in [6, 6.07) is 22.4. The fraction of sp³-hybridized carbons (Fsp3) is 0.355. The molecule has 5 rings (SSSR count). The molecule has 5 heteroatoms. The largest absolute Gasteiger partial charge is 0.344 e. The van der Waals surface area contributed by atoms with Crippen molar-refractivity contribution in [1.82, 2.24) is 15.5 Å². The van der Waals surface area contributed by atoms with E-state index in [0.29, 0.717) is 13.0 Å². The molecule has 2 aliphatic rings. The molecule has 5 nitrogen and oxygen atoms in total. The molecule has 0 radical (unpaired) electrons. The normalized spacial score (nSPS) is 16.3. The second-order valence-electron chi connectivity index (χ2n) is 10.1. The molecule has 0 bridgehead atoms. The first-order chi connectivity index (χ1) is 17.6. The second kappa shape index (κ2) is 11.1. The summed E-state index contributed by atoms with van der Waals surface area (Å²) in [7, 11) is 1.85. The van der Waals surface area contributed by atoms with E-state index in [1.54, 1.807) is 4.90 Å². The maximum atomic E-state index is 13.7. The lowest BCUT2D eigenvalue weighted by Gasteiger charge is -2.28. The zero-order chi connectivity index (χ0) is 24.9. The highest BCUT2D eigenvalue weighted by molar-refractivity contribution is 5.89. The first-order valence-electron chi connectivity index (χ1n) is 13.1. The number of nitrogens with zero attached hydrogens (tertiary/aromatic N) is 1. The Morgan fingerprint density at radius 1 is 1.00 bits per heavy atom. The maximum Gasteiger partial charge on any atom is 0.245 e. The summed E-state index contributed by atoms with van der Waals surface area (Å²) < 4.78 is 0. The number of carbonyl (C=O) groups excluding carboxylic acids is 2. The molecule has 1 aliphatic carbocycles. The monoisotopic (exact) mass is 481 g/mol. The number of hydrogen-bond donors (Lipinski definition) is 2. The summed E-state index contributed by atoms with van der Waals surface area (Å²) in [5, 5.41) is 8.76. The number of fused-ring (bicyclic) bond motifs is 2. The highest BCUT2D eigenvalue weighted by atomic mass is 16.2. The summed E-state index contributed by atoms with van der Waals surface area (Å²) in [5.41, 5.74) is 5.00. The van der Waals surface area contributed by atoms with Gasteiger partial charge in [-0.15, -0.1) is 0 Å². The van der Waals surface area contributed by atoms with E-state index in [-0.39, 0.29) is 17.7 Å². The van der Waals surface area contributed by atoms with Gasteiger partial charge in [0.1, 0.15) is 6.04 Å². The number of rotatable bonds is 8. The van der Waals surface area contributed by atoms with E-state index in [2.05, 4.69) is 71.3 Å². The number of amides is 2. The van der Waals surface area contributed by atoms with Crippen molar-refractivity contribution in [1.29, 1.82) is 0 Å². The van der Waals surface area contributed by atoms with Crippen LogP contribution in [-0.2, 0) is 22.4 Å². The highest BCUT2D eigenvalue weighted by Gasteiger charge is 2.29. The SMILES string of the molecule is CN(CCC1=CCc2ccccc21)C(=O)C(Cc1ccc2ccccc2c1)NC(=O)C1CCNCC1. The third kappa shape index (κ3) is 5.52. The van der Waals surface area contributed by atoms with Gasteiger partial charge in [0.25, 0.3) is 0 Å². The molecule has 2 N–H and O–H groups in total. The number of carbonyl (C=O) groups is 2. The predicted octanol–water partition coefficient (Wildman–Crippen LogP) is 4.35. The Morgan fingerprint density at radius 2 is 1.75 bits per heavy atom. The standard InChI is InChI=1S/C31H35N3O2/c1-34(19-16-25-13-12-24-7-4-5-9-28(24)25)31(36)29(33-30(35)26-14-17-32-18-15-26)21-22-10-11-23-6-2-3-8-27(23)20-22/h2-11,13,20,26,29,32H,12,14-19,21H2,1H3,(H,33,35). The smallest absolute Gasteiger partial charge is 0.245 e. The van der Waals surface area contributed by atoms with E-state index >= 15 is 0 Å². The Labute approximate surface area is 213 Å². The molecule has 1 heterocycles. The quantitative estimate of drug-likeness (QED) is 0.503. The topological polar surface area (TPSA) is 61.4 Å². The van der Waals surface area contributed by atoms with Crippen LogP contribution in [0.2, 0.25) is 0 Å². The second-order valence-corrected chi connectivity index (χ2v) is 10.1. The van der Waals surface area contributed by atoms with Gasteiger partial charge in [-0.05, 0) is 71.8 Å². The van der Waals surface area contributed by atoms with Gasteiger partial charge < -0.3 is 15.5 Å². The molecule has 3 aromatic rings. The van der Waals surface area contributed by atoms with Crippen LogP contribution < -0.4 is 10.6 Å². The number of allylic oxidation sites excluding steroid dienone is 1. The first-order valence-corrected chi connectivity index (χ1v) is 13.1. The van der Waals surface area contributed by atoms with Gasteiger partial charge in [-0.25, -0.2) is 0 Å². The third-order valence-corrected chi connectivity index (χ3v) is 7.60. The number of nitrogens with one attached hydrogen (secondary N) is 2. The Kier molecular flexibility index (Phi) is 7.47. The molecule has 0 saturated carbocycles. The first kappa shape index (κ1) is 24.3. The number of hydrogen-bond acceptors (Lipinski definition) is 3. The van der Waals surface area contributed by atoms with E-state index in [0.717, 1.165) is 49.7 Å². The van der Waals surface area contributed by atoms with Crippen molar-refractivity contribution in [2.75, 3.05) is 26.7 Å². The molecule has 186 valence electrons. The Hall–Kier alpha value is -3.44. The zero-order valence-corrected chi connectivity index (χ0v) is 21.0. The van der Waals surface area contributed by atoms with E-state index in [4.69, 9.17) is 0 Å². The molecular formula is C31H35N3O2. The molecule has 1 saturated heterocycles. The molecule has 2 amide bonds. The van der Waals surface area contributed by atoms with Crippen molar-refractivity contribution < 1.29 is 9.59 Å². The summed E-state index contributed by atoms with van der Waals surface area (Å²) >= 11 is 0. The molecule has 3 aromatic carbocycles. The maximum absolute atomic E-state index is 13.7. The molecular weight excluding hydrogens is 446 g/mol. The molecule has 0 aromatic heterocycles. The lowest BCUT2D eigenvalue weighted by molar-refractivity contribution is -0.136. The molecule has 36 heavy (non-hydrogen) atoms. The average molecular weight is 482 g/mol. The predicted molar refractivity (Wildman–Crippen MR) is 146 cm³/mol. The van der Waals surface area contributed by atoms with Gasteiger partial charge in [0.05, 0.1) is 0 Å². The van der Waals surface area contributed by atoms with Crippen LogP contribution in [0.25, 0.3) is 16.3 Å². The summed E-state index contributed by atoms with van der Waals surface area (Å²) in [6.45, 7) is 2.31. The van der Waals surface area contributed by atoms with Crippen LogP contribution in [0.1, 0.15) is 36.0 Å². The van der Waals surface area contributed by atoms with Gasteiger partial charge in [0.15, 0.2) is 0 Å². The fourth-order valence-electron chi connectivity index (χ4n) is 5.43. The zero-order valence-electron chi connectivity index (χ0n) is 21.0. The van der Waals surface area contributed by atoms with Gasteiger partial charge >= 0.3 is 0 Å². The number of likely N-dealkylation sites (N-methyl/N-ethyl adjacent to an activating group) is 1. The Morgan fingerprint density at radius 3 is 2.58 bits per heavy atom. The molecule has 1 atom stereocenters. The van der Waals surface area contributed by atoms with Gasteiger partial charge in [0.2, 0.25) is 11.8 Å². The lowest BCUT2D eigenvalue weighted by Crippen LogP contribution is -2.51. The fourth-order valence-corrected chi connectivity index (χ4v) is 5.43. The van der Waals surface area contributed by atoms with Gasteiger partial charge in [0, 0.05) is 25.9 Å². The Bertz CT molecular complexity index is 1280. The summed E-state index contributed by atoms with van der Waals surface area (Å²) in [6.07, 6.45) is 6.15. The summed E-state index contributed by atoms with van der Waals surface area (Å²) in [4.78, 5) is 28.6. The van der Waals surface area contributed by atoms with Crippen LogP contribution >= 0.6 is 0 Å². The van der Waals surface area contributed by atoms with Crippen molar-refractivity contribution in [3.63, 3.8) is 0 Å². The van der Waals surface area contributed by atoms with Crippen molar-refractivity contribution in [3.05, 3.63) is 89.5 Å². The van der Waals surface area contributed by atoms with Gasteiger partial charge in [-0.1, -0.05) is 72.8 Å². The molecule has 1 unspecified atom stereocenters. The minimum absolute atomic E-state index is 0.00327. The van der Waals surface area contributed by atoms with Crippen LogP contribution in [-0.4, -0.2) is 49.4 Å². The van der Waals surface area contributed by atoms with E-state index in [1.807, 2.05) is 19.2 Å². The van der Waals surface area contributed by atoms with E-state index in [9.17, 15) is 9.59 Å². The van der Waals surface area contributed by atoms with Crippen molar-refractivity contribution in [2.24, 2.45) is 5.92 Å². The molecule has 0 spiro atoms. The minimum atomic E-state index is -0.580. The average Bonchev–Trinajstić information content (AvgIpc) is 3.34. The van der Waals surface area contributed by atoms with Gasteiger partial charge in [-0.2, -0.15) is 0 Å². The van der Waals surface area contributed by atoms with Crippen molar-refractivity contribution in [2.45, 2.75) is 38.1 Å². The number of benzene rings is 3. The van der Waals surface area contributed by atoms with Crippen molar-refractivity contribution >= 4 is 28.2 Å². The van der Waals surface area contributed by atoms with E-state index < -0.39 is 6.04 Å². The highest BCUT2D eigenvalue weighted by Crippen LogP contribution is 2.29. The van der Waals surface area contributed by atoms with Gasteiger partial charge in [-0.3, -0.25) is 9.59 Å². The van der Waals surface area contributed by atoms with Crippen LogP contribution in [0, 0.1) is 5.92 Å². The summed E-state index contributed by atoms with van der Waals surface area (Å²) in [5.74, 6) is -0.0719.